The van der Waals surface area contributed by atoms with E-state index in [1.54, 1.807) is 11.3 Å². The smallest absolute Gasteiger partial charge is 0.191 e. The van der Waals surface area contributed by atoms with E-state index in [2.05, 4.69) is 44.3 Å². The van der Waals surface area contributed by atoms with Gasteiger partial charge in [-0.2, -0.15) is 0 Å². The van der Waals surface area contributed by atoms with Gasteiger partial charge >= 0.3 is 0 Å². The number of hydrogen-bond acceptors (Lipinski definition) is 5. The molecule has 6 nitrogen and oxygen atoms in total. The Hall–Kier alpha value is -0.710. The summed E-state index contributed by atoms with van der Waals surface area (Å²) in [5, 5.41) is 10.7. The molecule has 30 heavy (non-hydrogen) atoms. The number of guanidine groups is 1. The van der Waals surface area contributed by atoms with E-state index in [9.17, 15) is 0 Å². The molecular weight excluding hydrogens is 507 g/mol. The van der Waals surface area contributed by atoms with Crippen molar-refractivity contribution in [1.82, 2.24) is 25.4 Å². The number of piperidine rings is 2. The minimum atomic E-state index is 0. The van der Waals surface area contributed by atoms with Crippen molar-refractivity contribution < 1.29 is 0 Å². The van der Waals surface area contributed by atoms with Gasteiger partial charge in [0.05, 0.1) is 10.7 Å². The van der Waals surface area contributed by atoms with E-state index in [0.29, 0.717) is 6.04 Å². The Kier molecular flexibility index (Phi) is 11.6. The third kappa shape index (κ3) is 8.09. The summed E-state index contributed by atoms with van der Waals surface area (Å²) in [5.74, 6) is 1.69. The third-order valence-electron chi connectivity index (χ3n) is 6.09. The summed E-state index contributed by atoms with van der Waals surface area (Å²) in [6.45, 7) is 13.6. The number of aromatic nitrogens is 1. The van der Waals surface area contributed by atoms with E-state index in [4.69, 9.17) is 4.98 Å². The van der Waals surface area contributed by atoms with Crippen LogP contribution >= 0.6 is 35.3 Å². The van der Waals surface area contributed by atoms with Crippen molar-refractivity contribution in [3.8, 4) is 0 Å². The molecule has 0 atom stereocenters. The zero-order chi connectivity index (χ0) is 20.5. The van der Waals surface area contributed by atoms with Crippen LogP contribution in [0.4, 0.5) is 0 Å². The molecule has 0 aliphatic carbocycles. The molecule has 2 aliphatic rings. The molecule has 3 rings (SSSR count). The zero-order valence-electron chi connectivity index (χ0n) is 18.6. The summed E-state index contributed by atoms with van der Waals surface area (Å²) in [5.41, 5.74) is 1.24. The lowest BCUT2D eigenvalue weighted by molar-refractivity contribution is 0.176. The van der Waals surface area contributed by atoms with Crippen LogP contribution in [0.25, 0.3) is 0 Å². The van der Waals surface area contributed by atoms with Crippen LogP contribution in [0, 0.1) is 5.92 Å². The van der Waals surface area contributed by atoms with Crippen LogP contribution < -0.4 is 10.6 Å². The lowest BCUT2D eigenvalue weighted by Gasteiger charge is -2.33. The number of halogens is 1. The van der Waals surface area contributed by atoms with E-state index in [1.165, 1.54) is 49.5 Å². The van der Waals surface area contributed by atoms with Gasteiger partial charge in [-0.1, -0.05) is 13.0 Å². The Balaban J connectivity index is 0.00000320. The second-order valence-corrected chi connectivity index (χ2v) is 9.21. The minimum Gasteiger partial charge on any atom is -0.356 e. The Morgan fingerprint density at radius 3 is 2.53 bits per heavy atom. The zero-order valence-corrected chi connectivity index (χ0v) is 21.8. The lowest BCUT2D eigenvalue weighted by Crippen LogP contribution is -2.49. The number of thiazole rings is 1. The van der Waals surface area contributed by atoms with Crippen molar-refractivity contribution in [3.05, 3.63) is 28.7 Å². The van der Waals surface area contributed by atoms with E-state index < -0.39 is 0 Å². The Morgan fingerprint density at radius 2 is 1.93 bits per heavy atom. The molecule has 0 radical (unpaired) electrons. The second kappa shape index (κ2) is 13.6. The molecule has 0 unspecified atom stereocenters. The number of rotatable bonds is 8. The Labute approximate surface area is 203 Å². The highest BCUT2D eigenvalue weighted by Gasteiger charge is 2.22. The normalized spacial score (nSPS) is 20.0. The molecule has 0 spiro atoms. The fraction of sp³-hybridized carbons (Fsp3) is 0.727. The predicted octanol–water partition coefficient (Wildman–Crippen LogP) is 3.35. The van der Waals surface area contributed by atoms with Gasteiger partial charge < -0.3 is 10.6 Å². The number of hydrogen-bond donors (Lipinski definition) is 2. The summed E-state index contributed by atoms with van der Waals surface area (Å²) in [6, 6.07) is 0.523. The standard InChI is InChI=1S/C22H38N6S.HI/c1-4-10-27-13-8-19(9-14-27)26-22(23-3)24-15-18-6-11-28(12-7-18)16-20-17-29-21(5-2)25-20;/h4,17-19H,1,5-16H2,2-3H3,(H2,23,24,26);1H. The van der Waals surface area contributed by atoms with E-state index >= 15 is 0 Å². The van der Waals surface area contributed by atoms with Gasteiger partial charge in [0.1, 0.15) is 0 Å². The van der Waals surface area contributed by atoms with Gasteiger partial charge in [0, 0.05) is 51.2 Å². The van der Waals surface area contributed by atoms with Gasteiger partial charge in [-0.3, -0.25) is 14.8 Å². The first-order valence-corrected chi connectivity index (χ1v) is 12.0. The van der Waals surface area contributed by atoms with Crippen LogP contribution in [0.1, 0.15) is 43.3 Å². The van der Waals surface area contributed by atoms with E-state index in [1.807, 2.05) is 13.1 Å². The van der Waals surface area contributed by atoms with Crippen LogP contribution in [0.2, 0.25) is 0 Å². The first kappa shape index (κ1) is 25.5. The second-order valence-electron chi connectivity index (χ2n) is 8.27. The van der Waals surface area contributed by atoms with Crippen molar-refractivity contribution in [1.29, 1.82) is 0 Å². The van der Waals surface area contributed by atoms with Crippen LogP contribution in [0.5, 0.6) is 0 Å². The van der Waals surface area contributed by atoms with Gasteiger partial charge in [0.15, 0.2) is 5.96 Å². The number of likely N-dealkylation sites (tertiary alicyclic amines) is 2. The molecule has 0 amide bonds. The van der Waals surface area contributed by atoms with Crippen molar-refractivity contribution in [2.45, 2.75) is 51.6 Å². The Morgan fingerprint density at radius 1 is 1.23 bits per heavy atom. The first-order valence-electron chi connectivity index (χ1n) is 11.2. The third-order valence-corrected chi connectivity index (χ3v) is 7.13. The van der Waals surface area contributed by atoms with Crippen LogP contribution in [0.15, 0.2) is 23.0 Å². The monoisotopic (exact) mass is 546 g/mol. The maximum atomic E-state index is 4.72. The summed E-state index contributed by atoms with van der Waals surface area (Å²) in [6.07, 6.45) is 7.87. The lowest BCUT2D eigenvalue weighted by atomic mass is 9.97. The predicted molar refractivity (Wildman–Crippen MR) is 139 cm³/mol. The Bertz CT molecular complexity index is 648. The van der Waals surface area contributed by atoms with Gasteiger partial charge in [-0.15, -0.1) is 41.9 Å². The highest BCUT2D eigenvalue weighted by atomic mass is 127. The fourth-order valence-electron chi connectivity index (χ4n) is 4.23. The number of nitrogens with one attached hydrogen (secondary N) is 2. The number of aliphatic imine (C=N–C) groups is 1. The van der Waals surface area contributed by atoms with Gasteiger partial charge in [-0.25, -0.2) is 4.98 Å². The number of aryl methyl sites for hydroxylation is 1. The van der Waals surface area contributed by atoms with Crippen molar-refractivity contribution in [2.24, 2.45) is 10.9 Å². The molecule has 0 aromatic carbocycles. The maximum absolute atomic E-state index is 4.72. The first-order chi connectivity index (χ1) is 14.2. The van der Waals surface area contributed by atoms with Crippen LogP contribution in [0.3, 0.4) is 0 Å². The van der Waals surface area contributed by atoms with Crippen molar-refractivity contribution in [3.63, 3.8) is 0 Å². The molecule has 2 N–H and O–H groups in total. The molecule has 1 aromatic heterocycles. The topological polar surface area (TPSA) is 55.8 Å². The van der Waals surface area contributed by atoms with Crippen LogP contribution in [-0.2, 0) is 13.0 Å². The van der Waals surface area contributed by atoms with Crippen LogP contribution in [-0.4, -0.2) is 73.1 Å². The van der Waals surface area contributed by atoms with Crippen molar-refractivity contribution >= 4 is 41.3 Å². The quantitative estimate of drug-likeness (QED) is 0.227. The molecular formula is C22H39IN6S. The van der Waals surface area contributed by atoms with Crippen molar-refractivity contribution in [2.75, 3.05) is 46.3 Å². The van der Waals surface area contributed by atoms with Gasteiger partial charge in [0.25, 0.3) is 0 Å². The highest BCUT2D eigenvalue weighted by Crippen LogP contribution is 2.19. The minimum absolute atomic E-state index is 0. The molecule has 8 heteroatoms. The average molecular weight is 547 g/mol. The SMILES string of the molecule is C=CCN1CCC(NC(=NC)NCC2CCN(Cc3csc(CC)n3)CC2)CC1.I. The largest absolute Gasteiger partial charge is 0.356 e. The summed E-state index contributed by atoms with van der Waals surface area (Å²) >= 11 is 1.79. The fourth-order valence-corrected chi connectivity index (χ4v) is 4.97. The summed E-state index contributed by atoms with van der Waals surface area (Å²) < 4.78 is 0. The highest BCUT2D eigenvalue weighted by molar-refractivity contribution is 14.0. The molecule has 2 saturated heterocycles. The molecule has 0 bridgehead atoms. The van der Waals surface area contributed by atoms with E-state index in [0.717, 1.165) is 51.0 Å². The van der Waals surface area contributed by atoms with E-state index in [-0.39, 0.29) is 24.0 Å². The van der Waals surface area contributed by atoms with Gasteiger partial charge in [-0.05, 0) is 51.1 Å². The number of nitrogens with zero attached hydrogens (tertiary/aromatic N) is 4. The summed E-state index contributed by atoms with van der Waals surface area (Å²) in [7, 11) is 1.88. The maximum Gasteiger partial charge on any atom is 0.191 e. The summed E-state index contributed by atoms with van der Waals surface area (Å²) in [4.78, 5) is 14.2. The molecule has 3 heterocycles. The van der Waals surface area contributed by atoms with Gasteiger partial charge in [0.2, 0.25) is 0 Å². The molecule has 2 aliphatic heterocycles. The molecule has 170 valence electrons. The molecule has 2 fully saturated rings. The molecule has 1 aromatic rings. The average Bonchev–Trinajstić information content (AvgIpc) is 3.21. The molecule has 0 saturated carbocycles.